The Morgan fingerprint density at radius 1 is 1.03 bits per heavy atom. The normalized spacial score (nSPS) is 10.4. The molecule has 0 atom stereocenters. The van der Waals surface area contributed by atoms with Gasteiger partial charge < -0.3 is 20.1 Å². The fourth-order valence-electron chi connectivity index (χ4n) is 3.01. The topological polar surface area (TPSA) is 59.6 Å². The van der Waals surface area contributed by atoms with Crippen molar-refractivity contribution in [2.45, 2.75) is 20.4 Å². The molecule has 6 heteroatoms. The molecule has 0 saturated carbocycles. The Kier molecular flexibility index (Phi) is 7.36. The molecule has 0 aliphatic rings. The van der Waals surface area contributed by atoms with Crippen molar-refractivity contribution >= 4 is 33.2 Å². The lowest BCUT2D eigenvalue weighted by Gasteiger charge is -2.16. The quantitative estimate of drug-likeness (QED) is 0.444. The molecule has 2 N–H and O–H groups in total. The Bertz CT molecular complexity index is 1020. The van der Waals surface area contributed by atoms with E-state index in [1.165, 1.54) is 11.1 Å². The molecule has 156 valence electrons. The van der Waals surface area contributed by atoms with Gasteiger partial charge in [0.15, 0.2) is 18.1 Å². The molecule has 0 radical (unpaired) electrons. The number of methoxy groups -OCH3 is 1. The Balaban J connectivity index is 1.66. The first-order valence-electron chi connectivity index (χ1n) is 9.62. The number of aryl methyl sites for hydroxylation is 1. The fourth-order valence-corrected chi connectivity index (χ4v) is 3.62. The van der Waals surface area contributed by atoms with E-state index in [-0.39, 0.29) is 12.5 Å². The van der Waals surface area contributed by atoms with E-state index in [2.05, 4.69) is 52.5 Å². The number of carbonyl (C=O) groups excluding carboxylic acids is 1. The van der Waals surface area contributed by atoms with Crippen molar-refractivity contribution in [3.05, 3.63) is 81.8 Å². The number of para-hydroxylation sites is 1. The second kappa shape index (κ2) is 10.2. The first-order chi connectivity index (χ1) is 14.5. The Hall–Kier alpha value is -2.99. The first-order valence-corrected chi connectivity index (χ1v) is 10.4. The van der Waals surface area contributed by atoms with Crippen LogP contribution in [-0.4, -0.2) is 19.6 Å². The number of anilines is 2. The highest BCUT2D eigenvalue weighted by Gasteiger charge is 2.14. The molecule has 0 fully saturated rings. The second-order valence-corrected chi connectivity index (χ2v) is 7.77. The minimum Gasteiger partial charge on any atom is -0.493 e. The summed E-state index contributed by atoms with van der Waals surface area (Å²) in [7, 11) is 1.58. The number of ether oxygens (including phenoxy) is 2. The van der Waals surface area contributed by atoms with Crippen LogP contribution in [0.4, 0.5) is 11.4 Å². The zero-order valence-electron chi connectivity index (χ0n) is 17.3. The van der Waals surface area contributed by atoms with Gasteiger partial charge in [0.2, 0.25) is 0 Å². The molecule has 0 heterocycles. The van der Waals surface area contributed by atoms with Gasteiger partial charge in [-0.3, -0.25) is 4.79 Å². The first kappa shape index (κ1) is 21.7. The lowest BCUT2D eigenvalue weighted by molar-refractivity contribution is -0.118. The highest BCUT2D eigenvalue weighted by Crippen LogP contribution is 2.37. The van der Waals surface area contributed by atoms with Crippen LogP contribution in [0.3, 0.4) is 0 Å². The van der Waals surface area contributed by atoms with Crippen LogP contribution in [0.15, 0.2) is 65.1 Å². The Labute approximate surface area is 185 Å². The third-order valence-electron chi connectivity index (χ3n) is 4.78. The third kappa shape index (κ3) is 5.54. The summed E-state index contributed by atoms with van der Waals surface area (Å²) in [5.41, 5.74) is 5.33. The maximum absolute atomic E-state index is 12.2. The summed E-state index contributed by atoms with van der Waals surface area (Å²) < 4.78 is 12.0. The molecule has 3 rings (SSSR count). The van der Waals surface area contributed by atoms with Gasteiger partial charge in [0, 0.05) is 17.9 Å². The maximum atomic E-state index is 12.2. The predicted octanol–water partition coefficient (Wildman–Crippen LogP) is 5.70. The van der Waals surface area contributed by atoms with Crippen molar-refractivity contribution in [1.29, 1.82) is 0 Å². The molecule has 5 nitrogen and oxygen atoms in total. The largest absolute Gasteiger partial charge is 0.493 e. The molecule has 0 aromatic heterocycles. The van der Waals surface area contributed by atoms with Crippen molar-refractivity contribution in [2.75, 3.05) is 24.4 Å². The number of amides is 1. The summed E-state index contributed by atoms with van der Waals surface area (Å²) in [5, 5.41) is 6.26. The number of benzene rings is 3. The van der Waals surface area contributed by atoms with Crippen LogP contribution < -0.4 is 20.1 Å². The standard InChI is InChI=1S/C24H25BrN2O3/c1-16-8-7-11-21(17(16)2)26-14-18-12-20(25)24(22(13-18)29-3)30-15-23(28)27-19-9-5-4-6-10-19/h4-13,26H,14-15H2,1-3H3,(H,27,28). The van der Waals surface area contributed by atoms with Gasteiger partial charge >= 0.3 is 0 Å². The van der Waals surface area contributed by atoms with E-state index in [1.54, 1.807) is 7.11 Å². The van der Waals surface area contributed by atoms with Gasteiger partial charge in [0.1, 0.15) is 0 Å². The molecular weight excluding hydrogens is 444 g/mol. The molecule has 0 aliphatic heterocycles. The SMILES string of the molecule is COc1cc(CNc2cccc(C)c2C)cc(Br)c1OCC(=O)Nc1ccccc1. The summed E-state index contributed by atoms with van der Waals surface area (Å²) in [6, 6.07) is 19.3. The third-order valence-corrected chi connectivity index (χ3v) is 5.37. The molecule has 30 heavy (non-hydrogen) atoms. The minimum absolute atomic E-state index is 0.121. The van der Waals surface area contributed by atoms with Gasteiger partial charge in [-0.1, -0.05) is 30.3 Å². The summed E-state index contributed by atoms with van der Waals surface area (Å²) in [5.74, 6) is 0.821. The van der Waals surface area contributed by atoms with Gasteiger partial charge in [-0.2, -0.15) is 0 Å². The lowest BCUT2D eigenvalue weighted by Crippen LogP contribution is -2.20. The summed E-state index contributed by atoms with van der Waals surface area (Å²) in [6.45, 7) is 4.71. The number of hydrogen-bond acceptors (Lipinski definition) is 4. The van der Waals surface area contributed by atoms with E-state index in [1.807, 2.05) is 48.5 Å². The van der Waals surface area contributed by atoms with E-state index in [0.29, 0.717) is 18.0 Å². The van der Waals surface area contributed by atoms with E-state index in [9.17, 15) is 4.79 Å². The molecule has 1 amide bonds. The van der Waals surface area contributed by atoms with E-state index >= 15 is 0 Å². The molecule has 0 saturated heterocycles. The molecular formula is C24H25BrN2O3. The maximum Gasteiger partial charge on any atom is 0.262 e. The molecule has 0 unspecified atom stereocenters. The van der Waals surface area contributed by atoms with Crippen LogP contribution in [0.2, 0.25) is 0 Å². The van der Waals surface area contributed by atoms with E-state index in [0.717, 1.165) is 21.4 Å². The molecule has 3 aromatic rings. The average Bonchev–Trinajstić information content (AvgIpc) is 2.74. The summed E-state index contributed by atoms with van der Waals surface area (Å²) in [4.78, 5) is 12.2. The van der Waals surface area contributed by atoms with Crippen LogP contribution in [0.25, 0.3) is 0 Å². The number of halogens is 1. The fraction of sp³-hybridized carbons (Fsp3) is 0.208. The van der Waals surface area contributed by atoms with Crippen LogP contribution in [0.1, 0.15) is 16.7 Å². The van der Waals surface area contributed by atoms with E-state index < -0.39 is 0 Å². The van der Waals surface area contributed by atoms with Gasteiger partial charge in [0.25, 0.3) is 5.91 Å². The predicted molar refractivity (Wildman–Crippen MR) is 125 cm³/mol. The van der Waals surface area contributed by atoms with Crippen LogP contribution in [0.5, 0.6) is 11.5 Å². The number of rotatable bonds is 8. The average molecular weight is 469 g/mol. The number of hydrogen-bond donors (Lipinski definition) is 2. The Morgan fingerprint density at radius 3 is 2.53 bits per heavy atom. The second-order valence-electron chi connectivity index (χ2n) is 6.91. The smallest absolute Gasteiger partial charge is 0.262 e. The lowest BCUT2D eigenvalue weighted by atomic mass is 10.1. The Morgan fingerprint density at radius 2 is 1.80 bits per heavy atom. The van der Waals surface area contributed by atoms with Crippen LogP contribution in [0, 0.1) is 13.8 Å². The highest BCUT2D eigenvalue weighted by molar-refractivity contribution is 9.10. The molecule has 0 bridgehead atoms. The molecule has 3 aromatic carbocycles. The van der Waals surface area contributed by atoms with Crippen molar-refractivity contribution in [2.24, 2.45) is 0 Å². The van der Waals surface area contributed by atoms with Crippen molar-refractivity contribution in [1.82, 2.24) is 0 Å². The van der Waals surface area contributed by atoms with Crippen LogP contribution >= 0.6 is 15.9 Å². The minimum atomic E-state index is -0.240. The summed E-state index contributed by atoms with van der Waals surface area (Å²) >= 11 is 3.54. The van der Waals surface area contributed by atoms with Gasteiger partial charge in [0.05, 0.1) is 11.6 Å². The van der Waals surface area contributed by atoms with Gasteiger partial charge in [-0.25, -0.2) is 0 Å². The molecule has 0 aliphatic carbocycles. The van der Waals surface area contributed by atoms with Gasteiger partial charge in [-0.05, 0) is 76.8 Å². The highest BCUT2D eigenvalue weighted by atomic mass is 79.9. The van der Waals surface area contributed by atoms with Crippen molar-refractivity contribution < 1.29 is 14.3 Å². The van der Waals surface area contributed by atoms with Gasteiger partial charge in [-0.15, -0.1) is 0 Å². The molecule has 0 spiro atoms. The zero-order chi connectivity index (χ0) is 21.5. The number of nitrogens with one attached hydrogen (secondary N) is 2. The van der Waals surface area contributed by atoms with E-state index in [4.69, 9.17) is 9.47 Å². The van der Waals surface area contributed by atoms with Crippen LogP contribution in [-0.2, 0) is 11.3 Å². The van der Waals surface area contributed by atoms with Crippen molar-refractivity contribution in [3.8, 4) is 11.5 Å². The monoisotopic (exact) mass is 468 g/mol. The number of carbonyl (C=O) groups is 1. The summed E-state index contributed by atoms with van der Waals surface area (Å²) in [6.07, 6.45) is 0. The van der Waals surface area contributed by atoms with Crippen molar-refractivity contribution in [3.63, 3.8) is 0 Å². The zero-order valence-corrected chi connectivity index (χ0v) is 18.9.